The molecule has 0 aromatic heterocycles. The van der Waals surface area contributed by atoms with Gasteiger partial charge >= 0.3 is 0 Å². The van der Waals surface area contributed by atoms with Crippen molar-refractivity contribution in [1.29, 1.82) is 0 Å². The highest BCUT2D eigenvalue weighted by Gasteiger charge is 2.48. The van der Waals surface area contributed by atoms with E-state index in [0.717, 1.165) is 32.5 Å². The van der Waals surface area contributed by atoms with E-state index >= 15 is 0 Å². The minimum absolute atomic E-state index is 0.0563. The molecule has 4 rings (SSSR count). The van der Waals surface area contributed by atoms with Crippen molar-refractivity contribution in [3.8, 4) is 0 Å². The van der Waals surface area contributed by atoms with Crippen molar-refractivity contribution in [1.82, 2.24) is 9.80 Å². The van der Waals surface area contributed by atoms with Gasteiger partial charge in [-0.25, -0.2) is 0 Å². The number of nitrogens with zero attached hydrogens (tertiary/aromatic N) is 2. The van der Waals surface area contributed by atoms with Crippen molar-refractivity contribution in [2.45, 2.75) is 32.0 Å². The van der Waals surface area contributed by atoms with Gasteiger partial charge in [-0.15, -0.1) is 0 Å². The maximum atomic E-state index is 13.4. The molecule has 2 aromatic carbocycles. The summed E-state index contributed by atoms with van der Waals surface area (Å²) in [4.78, 5) is 17.8. The summed E-state index contributed by atoms with van der Waals surface area (Å²) in [5.41, 5.74) is 2.43. The Hall–Kier alpha value is -2.17. The van der Waals surface area contributed by atoms with Crippen molar-refractivity contribution in [3.63, 3.8) is 0 Å². The zero-order valence-corrected chi connectivity index (χ0v) is 15.7. The van der Waals surface area contributed by atoms with E-state index in [1.54, 1.807) is 0 Å². The molecule has 4 heteroatoms. The molecule has 27 heavy (non-hydrogen) atoms. The van der Waals surface area contributed by atoms with E-state index in [1.165, 1.54) is 11.1 Å². The molecule has 0 saturated carbocycles. The summed E-state index contributed by atoms with van der Waals surface area (Å²) < 4.78 is 0. The summed E-state index contributed by atoms with van der Waals surface area (Å²) in [6, 6.07) is 20.6. The maximum Gasteiger partial charge on any atom is 0.240 e. The van der Waals surface area contributed by atoms with Crippen molar-refractivity contribution >= 4 is 5.91 Å². The van der Waals surface area contributed by atoms with Gasteiger partial charge in [0.05, 0.1) is 6.04 Å². The van der Waals surface area contributed by atoms with E-state index in [1.807, 2.05) is 29.2 Å². The number of piperidine rings is 1. The highest BCUT2D eigenvalue weighted by atomic mass is 16.3. The number of hydrogen-bond donors (Lipinski definition) is 1. The van der Waals surface area contributed by atoms with Crippen LogP contribution in [0.2, 0.25) is 0 Å². The Labute approximate surface area is 161 Å². The molecule has 4 nitrogen and oxygen atoms in total. The third kappa shape index (κ3) is 3.92. The molecule has 2 aliphatic rings. The molecule has 0 unspecified atom stereocenters. The number of aliphatic hydroxyl groups is 1. The molecule has 0 bridgehead atoms. The van der Waals surface area contributed by atoms with Gasteiger partial charge in [-0.05, 0) is 35.8 Å². The highest BCUT2D eigenvalue weighted by Crippen LogP contribution is 2.39. The lowest BCUT2D eigenvalue weighted by Gasteiger charge is -2.38. The number of aliphatic hydroxyl groups excluding tert-OH is 1. The number of likely N-dealkylation sites (tertiary alicyclic amines) is 2. The summed E-state index contributed by atoms with van der Waals surface area (Å²) in [6.45, 7) is 3.41. The van der Waals surface area contributed by atoms with E-state index in [-0.39, 0.29) is 18.6 Å². The smallest absolute Gasteiger partial charge is 0.240 e. The molecule has 142 valence electrons. The Balaban J connectivity index is 1.53. The number of hydrogen-bond acceptors (Lipinski definition) is 3. The summed E-state index contributed by atoms with van der Waals surface area (Å²) in [6.07, 6.45) is 1.82. The van der Waals surface area contributed by atoms with Crippen LogP contribution in [-0.4, -0.2) is 46.6 Å². The van der Waals surface area contributed by atoms with Gasteiger partial charge in [-0.2, -0.15) is 0 Å². The monoisotopic (exact) mass is 364 g/mol. The normalized spacial score (nSPS) is 25.6. The van der Waals surface area contributed by atoms with Crippen LogP contribution in [0.4, 0.5) is 0 Å². The zero-order valence-electron chi connectivity index (χ0n) is 15.7. The van der Waals surface area contributed by atoms with E-state index in [4.69, 9.17) is 0 Å². The zero-order chi connectivity index (χ0) is 18.6. The van der Waals surface area contributed by atoms with Crippen LogP contribution in [0.15, 0.2) is 60.7 Å². The number of carbonyl (C=O) groups is 1. The fraction of sp³-hybridized carbons (Fsp3) is 0.435. The second kappa shape index (κ2) is 8.24. The first-order valence-electron chi connectivity index (χ1n) is 9.98. The Bertz CT molecular complexity index is 749. The van der Waals surface area contributed by atoms with E-state index < -0.39 is 0 Å². The molecule has 0 spiro atoms. The van der Waals surface area contributed by atoms with E-state index in [0.29, 0.717) is 18.4 Å². The van der Waals surface area contributed by atoms with Crippen LogP contribution in [0, 0.1) is 11.8 Å². The molecule has 3 atom stereocenters. The second-order valence-electron chi connectivity index (χ2n) is 7.83. The molecule has 2 aliphatic heterocycles. The Morgan fingerprint density at radius 2 is 1.56 bits per heavy atom. The standard InChI is InChI=1S/C23H28N2O2/c26-14-12-20-17-25(16-19-9-5-2-6-10-19)22-21(20)11-13-24(23(22)27)15-18-7-3-1-4-8-18/h1-10,20-22,26H,11-17H2/t20-,21-,22+/m1/s1. The molecular formula is C23H28N2O2. The second-order valence-corrected chi connectivity index (χ2v) is 7.83. The van der Waals surface area contributed by atoms with Crippen LogP contribution < -0.4 is 0 Å². The lowest BCUT2D eigenvalue weighted by atomic mass is 9.82. The van der Waals surface area contributed by atoms with E-state index in [9.17, 15) is 9.90 Å². The van der Waals surface area contributed by atoms with Gasteiger partial charge in [0, 0.05) is 32.8 Å². The number of benzene rings is 2. The average molecular weight is 364 g/mol. The van der Waals surface area contributed by atoms with Crippen molar-refractivity contribution in [2.75, 3.05) is 19.7 Å². The molecule has 2 aromatic rings. The Morgan fingerprint density at radius 1 is 0.926 bits per heavy atom. The average Bonchev–Trinajstić information content (AvgIpc) is 3.04. The fourth-order valence-corrected chi connectivity index (χ4v) is 4.83. The Morgan fingerprint density at radius 3 is 2.19 bits per heavy atom. The van der Waals surface area contributed by atoms with Crippen LogP contribution in [0.1, 0.15) is 24.0 Å². The summed E-state index contributed by atoms with van der Waals surface area (Å²) in [5.74, 6) is 1.03. The third-order valence-corrected chi connectivity index (χ3v) is 6.12. The summed E-state index contributed by atoms with van der Waals surface area (Å²) in [5, 5.41) is 9.49. The summed E-state index contributed by atoms with van der Waals surface area (Å²) >= 11 is 0. The van der Waals surface area contributed by atoms with Crippen LogP contribution >= 0.6 is 0 Å². The SMILES string of the molecule is O=C1[C@@H]2[C@H](CCN1Cc1ccccc1)[C@H](CCO)CN2Cc1ccccc1. The fourth-order valence-electron chi connectivity index (χ4n) is 4.83. The molecule has 0 radical (unpaired) electrons. The van der Waals surface area contributed by atoms with E-state index in [2.05, 4.69) is 41.3 Å². The first kappa shape index (κ1) is 18.2. The first-order chi connectivity index (χ1) is 13.3. The van der Waals surface area contributed by atoms with Crippen molar-refractivity contribution < 1.29 is 9.90 Å². The lowest BCUT2D eigenvalue weighted by Crippen LogP contribution is -2.52. The molecule has 2 saturated heterocycles. The highest BCUT2D eigenvalue weighted by molar-refractivity contribution is 5.83. The van der Waals surface area contributed by atoms with Crippen molar-refractivity contribution in [3.05, 3.63) is 71.8 Å². The van der Waals surface area contributed by atoms with Crippen LogP contribution in [-0.2, 0) is 17.9 Å². The number of carbonyl (C=O) groups excluding carboxylic acids is 1. The molecular weight excluding hydrogens is 336 g/mol. The number of fused-ring (bicyclic) bond motifs is 1. The minimum atomic E-state index is -0.0563. The third-order valence-electron chi connectivity index (χ3n) is 6.12. The first-order valence-corrected chi connectivity index (χ1v) is 9.98. The Kier molecular flexibility index (Phi) is 5.55. The minimum Gasteiger partial charge on any atom is -0.396 e. The molecule has 1 N–H and O–H groups in total. The topological polar surface area (TPSA) is 43.8 Å². The molecule has 0 aliphatic carbocycles. The number of rotatable bonds is 6. The maximum absolute atomic E-state index is 13.4. The molecule has 2 fully saturated rings. The lowest BCUT2D eigenvalue weighted by molar-refractivity contribution is -0.141. The largest absolute Gasteiger partial charge is 0.396 e. The van der Waals surface area contributed by atoms with Gasteiger partial charge in [0.15, 0.2) is 0 Å². The molecule has 1 amide bonds. The van der Waals surface area contributed by atoms with Crippen LogP contribution in [0.25, 0.3) is 0 Å². The van der Waals surface area contributed by atoms with Gasteiger partial charge in [0.1, 0.15) is 0 Å². The molecule has 2 heterocycles. The van der Waals surface area contributed by atoms with Crippen LogP contribution in [0.5, 0.6) is 0 Å². The predicted octanol–water partition coefficient (Wildman–Crippen LogP) is 2.92. The van der Waals surface area contributed by atoms with Gasteiger partial charge in [-0.1, -0.05) is 60.7 Å². The van der Waals surface area contributed by atoms with Gasteiger partial charge in [-0.3, -0.25) is 9.69 Å². The number of amides is 1. The quantitative estimate of drug-likeness (QED) is 0.857. The van der Waals surface area contributed by atoms with Crippen molar-refractivity contribution in [2.24, 2.45) is 11.8 Å². The van der Waals surface area contributed by atoms with Gasteiger partial charge in [0.2, 0.25) is 5.91 Å². The summed E-state index contributed by atoms with van der Waals surface area (Å²) in [7, 11) is 0. The van der Waals surface area contributed by atoms with Gasteiger partial charge in [0.25, 0.3) is 0 Å². The van der Waals surface area contributed by atoms with Crippen LogP contribution in [0.3, 0.4) is 0 Å². The van der Waals surface area contributed by atoms with Gasteiger partial charge < -0.3 is 10.0 Å². The predicted molar refractivity (Wildman–Crippen MR) is 106 cm³/mol.